The lowest BCUT2D eigenvalue weighted by Gasteiger charge is -2.18. The summed E-state index contributed by atoms with van der Waals surface area (Å²) in [5.41, 5.74) is 1.16. The Morgan fingerprint density at radius 1 is 0.714 bits per heavy atom. The molecule has 0 aliphatic carbocycles. The van der Waals surface area contributed by atoms with Crippen molar-refractivity contribution in [2.24, 2.45) is 0 Å². The van der Waals surface area contributed by atoms with Crippen molar-refractivity contribution in [1.82, 2.24) is 0 Å². The molecule has 0 amide bonds. The molecule has 2 aromatic rings. The van der Waals surface area contributed by atoms with Crippen LogP contribution in [0.4, 0.5) is 0 Å². The van der Waals surface area contributed by atoms with Crippen LogP contribution < -0.4 is 0 Å². The van der Waals surface area contributed by atoms with E-state index < -0.39 is 22.4 Å². The van der Waals surface area contributed by atoms with Crippen LogP contribution in [0.15, 0.2) is 60.7 Å². The van der Waals surface area contributed by atoms with Crippen LogP contribution in [-0.4, -0.2) is 22.2 Å². The van der Waals surface area contributed by atoms with Crippen molar-refractivity contribution in [1.29, 1.82) is 0 Å². The van der Waals surface area contributed by atoms with Crippen LogP contribution in [0.5, 0.6) is 0 Å². The second kappa shape index (κ2) is 6.95. The van der Waals surface area contributed by atoms with Crippen LogP contribution >= 0.6 is 11.8 Å². The fourth-order valence-corrected chi connectivity index (χ4v) is 3.08. The highest BCUT2D eigenvalue weighted by Crippen LogP contribution is 2.40. The zero-order valence-corrected chi connectivity index (χ0v) is 11.9. The topological polar surface area (TPSA) is 74.6 Å². The van der Waals surface area contributed by atoms with E-state index in [1.165, 1.54) is 0 Å². The first-order valence-electron chi connectivity index (χ1n) is 6.30. The van der Waals surface area contributed by atoms with E-state index in [1.54, 1.807) is 60.7 Å². The molecule has 2 aromatic carbocycles. The number of carboxylic acid groups (broad SMARTS) is 2. The molecule has 0 aliphatic rings. The van der Waals surface area contributed by atoms with Crippen molar-refractivity contribution in [3.8, 4) is 0 Å². The molecule has 5 heteroatoms. The number of hydrogen-bond acceptors (Lipinski definition) is 3. The molecule has 2 N–H and O–H groups in total. The SMILES string of the molecule is O=C(O)[C@H](S[C@@H](C(=O)O)c1ccccc1)c1ccccc1. The highest BCUT2D eigenvalue weighted by Gasteiger charge is 2.29. The van der Waals surface area contributed by atoms with Gasteiger partial charge in [-0.1, -0.05) is 60.7 Å². The fraction of sp³-hybridized carbons (Fsp3) is 0.125. The van der Waals surface area contributed by atoms with Gasteiger partial charge in [-0.25, -0.2) is 0 Å². The minimum atomic E-state index is -1.05. The number of hydrogen-bond donors (Lipinski definition) is 2. The molecule has 0 bridgehead atoms. The largest absolute Gasteiger partial charge is 0.480 e. The van der Waals surface area contributed by atoms with Gasteiger partial charge >= 0.3 is 11.9 Å². The second-order valence-electron chi connectivity index (χ2n) is 4.39. The molecule has 0 fully saturated rings. The molecule has 0 saturated heterocycles. The molecule has 2 rings (SSSR count). The molecule has 0 aliphatic heterocycles. The van der Waals surface area contributed by atoms with Crippen molar-refractivity contribution in [3.05, 3.63) is 71.8 Å². The molecule has 108 valence electrons. The molecule has 2 atom stereocenters. The Balaban J connectivity index is 2.30. The minimum absolute atomic E-state index is 0.581. The zero-order chi connectivity index (χ0) is 15.2. The first-order chi connectivity index (χ1) is 10.1. The summed E-state index contributed by atoms with van der Waals surface area (Å²) in [4.78, 5) is 23.0. The molecular weight excluding hydrogens is 288 g/mol. The van der Waals surface area contributed by atoms with Crippen LogP contribution in [0.1, 0.15) is 21.6 Å². The van der Waals surface area contributed by atoms with Crippen molar-refractivity contribution < 1.29 is 19.8 Å². The normalized spacial score (nSPS) is 13.3. The van der Waals surface area contributed by atoms with Crippen molar-refractivity contribution in [2.45, 2.75) is 10.5 Å². The lowest BCUT2D eigenvalue weighted by atomic mass is 10.1. The van der Waals surface area contributed by atoms with Gasteiger partial charge in [0.05, 0.1) is 0 Å². The van der Waals surface area contributed by atoms with E-state index in [2.05, 4.69) is 0 Å². The summed E-state index contributed by atoms with van der Waals surface area (Å²) in [7, 11) is 0. The third-order valence-corrected chi connectivity index (χ3v) is 4.42. The Morgan fingerprint density at radius 2 is 1.05 bits per heavy atom. The van der Waals surface area contributed by atoms with E-state index >= 15 is 0 Å². The van der Waals surface area contributed by atoms with E-state index in [4.69, 9.17) is 0 Å². The summed E-state index contributed by atoms with van der Waals surface area (Å²) >= 11 is 0.913. The predicted molar refractivity (Wildman–Crippen MR) is 81.2 cm³/mol. The summed E-state index contributed by atoms with van der Waals surface area (Å²) in [6.07, 6.45) is 0. The highest BCUT2D eigenvalue weighted by molar-refractivity contribution is 8.01. The standard InChI is InChI=1S/C16H14O4S/c17-15(18)13(11-7-3-1-4-8-11)21-14(16(19)20)12-9-5-2-6-10-12/h1-10,13-14H,(H,17,18)(H,19,20)/t13-,14-/m1/s1. The monoisotopic (exact) mass is 302 g/mol. The third-order valence-electron chi connectivity index (χ3n) is 2.93. The fourth-order valence-electron chi connectivity index (χ4n) is 1.95. The summed E-state index contributed by atoms with van der Waals surface area (Å²) in [5, 5.41) is 16.9. The summed E-state index contributed by atoms with van der Waals surface area (Å²) in [6.45, 7) is 0. The molecule has 0 saturated carbocycles. The van der Waals surface area contributed by atoms with Gasteiger partial charge < -0.3 is 10.2 Å². The maximum Gasteiger partial charge on any atom is 0.321 e. The van der Waals surface area contributed by atoms with E-state index in [-0.39, 0.29) is 0 Å². The van der Waals surface area contributed by atoms with Crippen molar-refractivity contribution in [3.63, 3.8) is 0 Å². The van der Waals surface area contributed by atoms with Crippen molar-refractivity contribution >= 4 is 23.7 Å². The van der Waals surface area contributed by atoms with Gasteiger partial charge in [0.2, 0.25) is 0 Å². The van der Waals surface area contributed by atoms with Crippen LogP contribution in [0.25, 0.3) is 0 Å². The first kappa shape index (κ1) is 15.1. The van der Waals surface area contributed by atoms with Crippen LogP contribution in [0.3, 0.4) is 0 Å². The lowest BCUT2D eigenvalue weighted by Crippen LogP contribution is -2.15. The number of carboxylic acids is 2. The van der Waals surface area contributed by atoms with E-state index in [0.717, 1.165) is 11.8 Å². The van der Waals surface area contributed by atoms with E-state index in [0.29, 0.717) is 11.1 Å². The average Bonchev–Trinajstić information content (AvgIpc) is 2.49. The second-order valence-corrected chi connectivity index (χ2v) is 5.61. The first-order valence-corrected chi connectivity index (χ1v) is 7.25. The average molecular weight is 302 g/mol. The molecule has 0 unspecified atom stereocenters. The Labute approximate surface area is 126 Å². The summed E-state index contributed by atoms with van der Waals surface area (Å²) in [5.74, 6) is -2.10. The van der Waals surface area contributed by atoms with Gasteiger partial charge in [0.25, 0.3) is 0 Å². The number of carbonyl (C=O) groups is 2. The minimum Gasteiger partial charge on any atom is -0.480 e. The van der Waals surface area contributed by atoms with E-state index in [9.17, 15) is 19.8 Å². The number of rotatable bonds is 6. The smallest absolute Gasteiger partial charge is 0.321 e. The summed E-state index contributed by atoms with van der Waals surface area (Å²) in [6, 6.07) is 17.3. The Morgan fingerprint density at radius 3 is 1.33 bits per heavy atom. The van der Waals surface area contributed by atoms with Crippen LogP contribution in [-0.2, 0) is 9.59 Å². The molecular formula is C16H14O4S. The van der Waals surface area contributed by atoms with Crippen molar-refractivity contribution in [2.75, 3.05) is 0 Å². The maximum atomic E-state index is 11.5. The molecule has 4 nitrogen and oxygen atoms in total. The zero-order valence-electron chi connectivity index (χ0n) is 11.0. The number of thioether (sulfide) groups is 1. The predicted octanol–water partition coefficient (Wildman–Crippen LogP) is 3.37. The third kappa shape index (κ3) is 3.86. The van der Waals surface area contributed by atoms with Gasteiger partial charge in [0.15, 0.2) is 0 Å². The van der Waals surface area contributed by atoms with Gasteiger partial charge in [0.1, 0.15) is 10.5 Å². The van der Waals surface area contributed by atoms with Crippen LogP contribution in [0.2, 0.25) is 0 Å². The molecule has 0 radical (unpaired) electrons. The highest BCUT2D eigenvalue weighted by atomic mass is 32.2. The maximum absolute atomic E-state index is 11.5. The number of aliphatic carboxylic acids is 2. The molecule has 0 aromatic heterocycles. The quantitative estimate of drug-likeness (QED) is 0.855. The lowest BCUT2D eigenvalue weighted by molar-refractivity contribution is -0.136. The molecule has 0 heterocycles. The molecule has 0 spiro atoms. The number of benzene rings is 2. The Bertz CT molecular complexity index is 557. The Hall–Kier alpha value is -2.27. The summed E-state index contributed by atoms with van der Waals surface area (Å²) < 4.78 is 0. The molecule has 21 heavy (non-hydrogen) atoms. The van der Waals surface area contributed by atoms with Gasteiger partial charge in [0, 0.05) is 0 Å². The van der Waals surface area contributed by atoms with Gasteiger partial charge in [-0.05, 0) is 11.1 Å². The van der Waals surface area contributed by atoms with Gasteiger partial charge in [-0.3, -0.25) is 9.59 Å². The van der Waals surface area contributed by atoms with Crippen LogP contribution in [0, 0.1) is 0 Å². The Kier molecular flexibility index (Phi) is 5.00. The van der Waals surface area contributed by atoms with E-state index in [1.807, 2.05) is 0 Å². The van der Waals surface area contributed by atoms with Gasteiger partial charge in [-0.2, -0.15) is 0 Å². The van der Waals surface area contributed by atoms with Gasteiger partial charge in [-0.15, -0.1) is 11.8 Å².